The fourth-order valence-electron chi connectivity index (χ4n) is 1.47. The lowest BCUT2D eigenvalue weighted by atomic mass is 10.2. The first-order valence-corrected chi connectivity index (χ1v) is 6.60. The Labute approximate surface area is 120 Å². The molecule has 3 N–H and O–H groups in total. The molecule has 3 nitrogen and oxygen atoms in total. The number of aromatic nitrogens is 1. The fourth-order valence-corrected chi connectivity index (χ4v) is 1.84. The second kappa shape index (κ2) is 5.93. The summed E-state index contributed by atoms with van der Waals surface area (Å²) in [6.45, 7) is 0.709. The molecule has 0 amide bonds. The van der Waals surface area contributed by atoms with Crippen LogP contribution in [0, 0.1) is 0 Å². The Kier molecular flexibility index (Phi) is 4.28. The van der Waals surface area contributed by atoms with Gasteiger partial charge in [0.05, 0.1) is 5.69 Å². The zero-order valence-electron chi connectivity index (χ0n) is 9.56. The molecule has 2 rings (SSSR count). The van der Waals surface area contributed by atoms with Crippen LogP contribution in [-0.4, -0.2) is 9.97 Å². The van der Waals surface area contributed by atoms with Gasteiger partial charge in [0.2, 0.25) is 0 Å². The van der Waals surface area contributed by atoms with Crippen molar-refractivity contribution in [2.45, 2.75) is 6.54 Å². The largest absolute Gasteiger partial charge is 0.388 e. The van der Waals surface area contributed by atoms with Crippen molar-refractivity contribution in [3.05, 3.63) is 58.2 Å². The molecule has 0 saturated carbocycles. The summed E-state index contributed by atoms with van der Waals surface area (Å²) in [5, 5.41) is 3.23. The van der Waals surface area contributed by atoms with Crippen molar-refractivity contribution in [1.82, 2.24) is 4.98 Å². The highest BCUT2D eigenvalue weighted by atomic mass is 79.9. The Morgan fingerprint density at radius 1 is 1.22 bits per heavy atom. The molecule has 1 heterocycles. The van der Waals surface area contributed by atoms with Crippen molar-refractivity contribution < 1.29 is 0 Å². The van der Waals surface area contributed by atoms with Gasteiger partial charge in [0.1, 0.15) is 10.8 Å². The zero-order valence-corrected chi connectivity index (χ0v) is 12.0. The molecular weight excluding hydrogens is 310 g/mol. The van der Waals surface area contributed by atoms with Crippen LogP contribution in [-0.2, 0) is 6.54 Å². The highest BCUT2D eigenvalue weighted by Gasteiger charge is 2.00. The van der Waals surface area contributed by atoms with Crippen molar-refractivity contribution in [3.63, 3.8) is 0 Å². The number of nitrogens with two attached hydrogens (primary N) is 1. The molecule has 0 atom stereocenters. The molecule has 92 valence electrons. The zero-order chi connectivity index (χ0) is 13.0. The first-order valence-electron chi connectivity index (χ1n) is 5.40. The van der Waals surface area contributed by atoms with E-state index in [4.69, 9.17) is 18.0 Å². The van der Waals surface area contributed by atoms with Gasteiger partial charge in [-0.05, 0) is 29.8 Å². The SMILES string of the molecule is NC(=S)c1cccc(NCc2ccc(Br)cc2)n1. The molecule has 0 spiro atoms. The van der Waals surface area contributed by atoms with Gasteiger partial charge >= 0.3 is 0 Å². The van der Waals surface area contributed by atoms with E-state index in [1.165, 1.54) is 5.56 Å². The number of rotatable bonds is 4. The standard InChI is InChI=1S/C13H12BrN3S/c14-10-6-4-9(5-7-10)8-16-12-3-1-2-11(17-12)13(15)18/h1-7H,8H2,(H2,15,18)(H,16,17). The second-order valence-corrected chi connectivity index (χ2v) is 5.11. The van der Waals surface area contributed by atoms with Crippen LogP contribution >= 0.6 is 28.1 Å². The van der Waals surface area contributed by atoms with Gasteiger partial charge in [-0.3, -0.25) is 0 Å². The summed E-state index contributed by atoms with van der Waals surface area (Å²) in [4.78, 5) is 4.63. The van der Waals surface area contributed by atoms with Crippen molar-refractivity contribution in [2.75, 3.05) is 5.32 Å². The van der Waals surface area contributed by atoms with E-state index in [0.717, 1.165) is 10.3 Å². The molecule has 2 aromatic rings. The Balaban J connectivity index is 2.04. The normalized spacial score (nSPS) is 10.1. The smallest absolute Gasteiger partial charge is 0.127 e. The molecule has 5 heteroatoms. The van der Waals surface area contributed by atoms with Crippen LogP contribution in [0.3, 0.4) is 0 Å². The van der Waals surface area contributed by atoms with Crippen LogP contribution in [0.1, 0.15) is 11.3 Å². The molecule has 1 aromatic carbocycles. The highest BCUT2D eigenvalue weighted by Crippen LogP contribution is 2.12. The van der Waals surface area contributed by atoms with Gasteiger partial charge in [-0.2, -0.15) is 0 Å². The Bertz CT molecular complexity index is 554. The molecule has 1 aromatic heterocycles. The monoisotopic (exact) mass is 321 g/mol. The van der Waals surface area contributed by atoms with E-state index in [2.05, 4.69) is 38.4 Å². The maximum atomic E-state index is 5.54. The van der Waals surface area contributed by atoms with E-state index < -0.39 is 0 Å². The topological polar surface area (TPSA) is 50.9 Å². The number of pyridine rings is 1. The summed E-state index contributed by atoms with van der Waals surface area (Å²) < 4.78 is 1.07. The molecule has 18 heavy (non-hydrogen) atoms. The maximum absolute atomic E-state index is 5.54. The first kappa shape index (κ1) is 13.0. The third-order valence-electron chi connectivity index (χ3n) is 2.39. The summed E-state index contributed by atoms with van der Waals surface area (Å²) in [6.07, 6.45) is 0. The van der Waals surface area contributed by atoms with E-state index in [-0.39, 0.29) is 0 Å². The number of hydrogen-bond donors (Lipinski definition) is 2. The van der Waals surface area contributed by atoms with Gasteiger partial charge < -0.3 is 11.1 Å². The molecule has 0 aliphatic carbocycles. The van der Waals surface area contributed by atoms with E-state index in [0.29, 0.717) is 17.2 Å². The van der Waals surface area contributed by atoms with Gasteiger partial charge in [0.15, 0.2) is 0 Å². The van der Waals surface area contributed by atoms with E-state index in [1.807, 2.05) is 24.3 Å². The number of hydrogen-bond acceptors (Lipinski definition) is 3. The molecule has 0 unspecified atom stereocenters. The van der Waals surface area contributed by atoms with Gasteiger partial charge in [-0.15, -0.1) is 0 Å². The lowest BCUT2D eigenvalue weighted by Crippen LogP contribution is -2.12. The lowest BCUT2D eigenvalue weighted by Gasteiger charge is -2.07. The highest BCUT2D eigenvalue weighted by molar-refractivity contribution is 9.10. The second-order valence-electron chi connectivity index (χ2n) is 3.75. The van der Waals surface area contributed by atoms with E-state index >= 15 is 0 Å². The van der Waals surface area contributed by atoms with Gasteiger partial charge in [0, 0.05) is 11.0 Å². The molecule has 0 aliphatic heterocycles. The Morgan fingerprint density at radius 3 is 2.61 bits per heavy atom. The van der Waals surface area contributed by atoms with Crippen LogP contribution < -0.4 is 11.1 Å². The average molecular weight is 322 g/mol. The maximum Gasteiger partial charge on any atom is 0.127 e. The summed E-state index contributed by atoms with van der Waals surface area (Å²) in [7, 11) is 0. The molecule has 0 aliphatic rings. The van der Waals surface area contributed by atoms with Crippen LogP contribution in [0.15, 0.2) is 46.9 Å². The minimum Gasteiger partial charge on any atom is -0.388 e. The quantitative estimate of drug-likeness (QED) is 0.850. The van der Waals surface area contributed by atoms with Crippen molar-refractivity contribution in [1.29, 1.82) is 0 Å². The number of nitrogens with zero attached hydrogens (tertiary/aromatic N) is 1. The summed E-state index contributed by atoms with van der Waals surface area (Å²) in [6, 6.07) is 13.7. The minimum absolute atomic E-state index is 0.308. The lowest BCUT2D eigenvalue weighted by molar-refractivity contribution is 1.11. The van der Waals surface area contributed by atoms with E-state index in [9.17, 15) is 0 Å². The third kappa shape index (κ3) is 3.51. The minimum atomic E-state index is 0.308. The fraction of sp³-hybridized carbons (Fsp3) is 0.0769. The summed E-state index contributed by atoms with van der Waals surface area (Å²) in [5.74, 6) is 0.767. The predicted molar refractivity (Wildman–Crippen MR) is 81.6 cm³/mol. The third-order valence-corrected chi connectivity index (χ3v) is 3.13. The number of nitrogens with one attached hydrogen (secondary N) is 1. The molecule has 0 radical (unpaired) electrons. The summed E-state index contributed by atoms with van der Waals surface area (Å²) >= 11 is 8.30. The number of thiocarbonyl (C=S) groups is 1. The first-order chi connectivity index (χ1) is 8.65. The van der Waals surface area contributed by atoms with Crippen LogP contribution in [0.25, 0.3) is 0 Å². The number of benzene rings is 1. The Hall–Kier alpha value is -1.46. The van der Waals surface area contributed by atoms with Crippen LogP contribution in [0.5, 0.6) is 0 Å². The number of halogens is 1. The average Bonchev–Trinajstić information content (AvgIpc) is 2.38. The van der Waals surface area contributed by atoms with Gasteiger partial charge in [-0.1, -0.05) is 46.3 Å². The number of anilines is 1. The molecule has 0 bridgehead atoms. The molecule has 0 saturated heterocycles. The Morgan fingerprint density at radius 2 is 1.94 bits per heavy atom. The molecule has 0 fully saturated rings. The van der Waals surface area contributed by atoms with Crippen molar-refractivity contribution >= 4 is 39.0 Å². The molecular formula is C13H12BrN3S. The summed E-state index contributed by atoms with van der Waals surface area (Å²) in [5.41, 5.74) is 7.35. The van der Waals surface area contributed by atoms with Crippen LogP contribution in [0.4, 0.5) is 5.82 Å². The van der Waals surface area contributed by atoms with Crippen LogP contribution in [0.2, 0.25) is 0 Å². The van der Waals surface area contributed by atoms with Gasteiger partial charge in [0.25, 0.3) is 0 Å². The predicted octanol–water partition coefficient (Wildman–Crippen LogP) is 3.09. The van der Waals surface area contributed by atoms with Crippen molar-refractivity contribution in [2.24, 2.45) is 5.73 Å². The van der Waals surface area contributed by atoms with E-state index in [1.54, 1.807) is 6.07 Å². The van der Waals surface area contributed by atoms with Gasteiger partial charge in [-0.25, -0.2) is 4.98 Å². The van der Waals surface area contributed by atoms with Crippen molar-refractivity contribution in [3.8, 4) is 0 Å².